The summed E-state index contributed by atoms with van der Waals surface area (Å²) < 4.78 is 13.5. The van der Waals surface area contributed by atoms with Crippen LogP contribution in [0.25, 0.3) is 0 Å². The molecule has 114 valence electrons. The molecule has 0 N–H and O–H groups in total. The number of rotatable bonds is 2. The zero-order valence-corrected chi connectivity index (χ0v) is 12.9. The van der Waals surface area contributed by atoms with Crippen molar-refractivity contribution in [1.82, 2.24) is 9.97 Å². The number of anilines is 1. The van der Waals surface area contributed by atoms with Gasteiger partial charge in [-0.2, -0.15) is 0 Å². The highest BCUT2D eigenvalue weighted by Gasteiger charge is 2.33. The van der Waals surface area contributed by atoms with Gasteiger partial charge in [-0.15, -0.1) is 0 Å². The molecule has 2 atom stereocenters. The maximum Gasteiger partial charge on any atom is 0.224 e. The highest BCUT2D eigenvalue weighted by molar-refractivity contribution is 6.28. The first kappa shape index (κ1) is 13.9. The quantitative estimate of drug-likeness (QED) is 0.790. The Kier molecular flexibility index (Phi) is 3.49. The number of aromatic nitrogens is 2. The topological polar surface area (TPSA) is 29.0 Å². The van der Waals surface area contributed by atoms with Crippen molar-refractivity contribution in [3.63, 3.8) is 0 Å². The Morgan fingerprint density at radius 2 is 1.95 bits per heavy atom. The van der Waals surface area contributed by atoms with Crippen molar-refractivity contribution in [2.45, 2.75) is 31.4 Å². The van der Waals surface area contributed by atoms with Crippen molar-refractivity contribution in [2.24, 2.45) is 0 Å². The zero-order chi connectivity index (χ0) is 15.1. The largest absolute Gasteiger partial charge is 0.353 e. The van der Waals surface area contributed by atoms with Crippen LogP contribution in [0.3, 0.4) is 0 Å². The molecule has 1 fully saturated rings. The van der Waals surface area contributed by atoms with Gasteiger partial charge < -0.3 is 4.90 Å². The van der Waals surface area contributed by atoms with Gasteiger partial charge in [0.1, 0.15) is 12.0 Å². The van der Waals surface area contributed by atoms with Crippen LogP contribution >= 0.6 is 11.6 Å². The van der Waals surface area contributed by atoms with Gasteiger partial charge in [0.25, 0.3) is 0 Å². The molecule has 3 nitrogen and oxygen atoms in total. The highest BCUT2D eigenvalue weighted by atomic mass is 35.5. The molecule has 2 heterocycles. The maximum atomic E-state index is 13.5. The second-order valence-electron chi connectivity index (χ2n) is 6.01. The van der Waals surface area contributed by atoms with Crippen molar-refractivity contribution in [3.05, 3.63) is 52.4 Å². The third-order valence-corrected chi connectivity index (χ3v) is 4.80. The van der Waals surface area contributed by atoms with Gasteiger partial charge in [0.2, 0.25) is 5.28 Å². The van der Waals surface area contributed by atoms with E-state index in [2.05, 4.69) is 22.1 Å². The van der Waals surface area contributed by atoms with E-state index in [1.54, 1.807) is 0 Å². The molecule has 2 aromatic rings. The van der Waals surface area contributed by atoms with Crippen molar-refractivity contribution in [2.75, 3.05) is 18.0 Å². The van der Waals surface area contributed by atoms with Crippen LogP contribution < -0.4 is 4.90 Å². The molecule has 0 radical (unpaired) electrons. The molecular formula is C17H17ClFN3. The SMILES string of the molecule is FC1CCN(c2nc(Cl)nc3c2CCC3c2ccccc2)C1. The van der Waals surface area contributed by atoms with Crippen molar-refractivity contribution in [1.29, 1.82) is 0 Å². The average Bonchev–Trinajstić information content (AvgIpc) is 3.13. The fourth-order valence-electron chi connectivity index (χ4n) is 3.60. The number of halogens is 2. The predicted molar refractivity (Wildman–Crippen MR) is 85.4 cm³/mol. The van der Waals surface area contributed by atoms with Crippen LogP contribution in [0.4, 0.5) is 10.2 Å². The van der Waals surface area contributed by atoms with E-state index < -0.39 is 6.17 Å². The molecule has 0 bridgehead atoms. The van der Waals surface area contributed by atoms with Gasteiger partial charge in [0, 0.05) is 18.0 Å². The molecule has 1 aliphatic carbocycles. The second-order valence-corrected chi connectivity index (χ2v) is 6.35. The van der Waals surface area contributed by atoms with E-state index in [1.807, 2.05) is 23.1 Å². The predicted octanol–water partition coefficient (Wildman–Crippen LogP) is 3.76. The summed E-state index contributed by atoms with van der Waals surface area (Å²) in [6, 6.07) is 10.4. The molecule has 1 aromatic carbocycles. The Morgan fingerprint density at radius 3 is 2.68 bits per heavy atom. The molecular weight excluding hydrogens is 301 g/mol. The molecule has 5 heteroatoms. The van der Waals surface area contributed by atoms with Gasteiger partial charge in [0.05, 0.1) is 12.2 Å². The summed E-state index contributed by atoms with van der Waals surface area (Å²) in [6.45, 7) is 1.12. The Labute approximate surface area is 134 Å². The van der Waals surface area contributed by atoms with Crippen LogP contribution in [0.2, 0.25) is 5.28 Å². The summed E-state index contributed by atoms with van der Waals surface area (Å²) in [5.41, 5.74) is 3.42. The number of nitrogens with zero attached hydrogens (tertiary/aromatic N) is 3. The normalized spacial score (nSPS) is 23.8. The number of hydrogen-bond acceptors (Lipinski definition) is 3. The lowest BCUT2D eigenvalue weighted by Crippen LogP contribution is -2.23. The molecule has 1 saturated heterocycles. The van der Waals surface area contributed by atoms with E-state index >= 15 is 0 Å². The van der Waals surface area contributed by atoms with Gasteiger partial charge in [-0.3, -0.25) is 0 Å². The molecule has 22 heavy (non-hydrogen) atoms. The second kappa shape index (κ2) is 5.51. The van der Waals surface area contributed by atoms with Crippen LogP contribution in [-0.2, 0) is 6.42 Å². The lowest BCUT2D eigenvalue weighted by molar-refractivity contribution is 0.364. The smallest absolute Gasteiger partial charge is 0.224 e. The van der Waals surface area contributed by atoms with Crippen molar-refractivity contribution in [3.8, 4) is 0 Å². The Hall–Kier alpha value is -1.68. The van der Waals surface area contributed by atoms with Crippen LogP contribution in [-0.4, -0.2) is 29.2 Å². The molecule has 0 saturated carbocycles. The van der Waals surface area contributed by atoms with Crippen LogP contribution in [0.1, 0.15) is 35.6 Å². The summed E-state index contributed by atoms with van der Waals surface area (Å²) in [5, 5.41) is 0.263. The minimum Gasteiger partial charge on any atom is -0.353 e. The van der Waals surface area contributed by atoms with Crippen LogP contribution in [0.15, 0.2) is 30.3 Å². The van der Waals surface area contributed by atoms with E-state index in [0.717, 1.165) is 29.9 Å². The van der Waals surface area contributed by atoms with E-state index in [-0.39, 0.29) is 11.2 Å². The summed E-state index contributed by atoms with van der Waals surface area (Å²) in [7, 11) is 0. The lowest BCUT2D eigenvalue weighted by atomic mass is 9.97. The van der Waals surface area contributed by atoms with Crippen molar-refractivity contribution < 1.29 is 4.39 Å². The minimum absolute atomic E-state index is 0.263. The highest BCUT2D eigenvalue weighted by Crippen LogP contribution is 2.41. The number of alkyl halides is 1. The lowest BCUT2D eigenvalue weighted by Gasteiger charge is -2.20. The first-order valence-electron chi connectivity index (χ1n) is 7.72. The number of fused-ring (bicyclic) bond motifs is 1. The molecule has 2 aliphatic rings. The summed E-state index contributed by atoms with van der Waals surface area (Å²) in [5.74, 6) is 1.10. The Bertz CT molecular complexity index is 692. The summed E-state index contributed by atoms with van der Waals surface area (Å²) in [4.78, 5) is 10.9. The zero-order valence-electron chi connectivity index (χ0n) is 12.2. The first-order valence-corrected chi connectivity index (χ1v) is 8.10. The third-order valence-electron chi connectivity index (χ3n) is 4.64. The monoisotopic (exact) mass is 317 g/mol. The maximum absolute atomic E-state index is 13.5. The van der Waals surface area contributed by atoms with E-state index in [1.165, 1.54) is 5.56 Å². The van der Waals surface area contributed by atoms with Gasteiger partial charge in [-0.25, -0.2) is 14.4 Å². The van der Waals surface area contributed by atoms with E-state index in [9.17, 15) is 4.39 Å². The molecule has 2 unspecified atom stereocenters. The van der Waals surface area contributed by atoms with Gasteiger partial charge in [-0.05, 0) is 36.4 Å². The van der Waals surface area contributed by atoms with E-state index in [0.29, 0.717) is 19.5 Å². The van der Waals surface area contributed by atoms with Crippen LogP contribution in [0, 0.1) is 0 Å². The van der Waals surface area contributed by atoms with Crippen molar-refractivity contribution >= 4 is 17.4 Å². The standard InChI is InChI=1S/C17H17ClFN3/c18-17-20-15-13(11-4-2-1-3-5-11)6-7-14(15)16(21-17)22-9-8-12(19)10-22/h1-5,12-13H,6-10H2. The van der Waals surface area contributed by atoms with Gasteiger partial charge in [-0.1, -0.05) is 30.3 Å². The number of benzene rings is 1. The first-order chi connectivity index (χ1) is 10.7. The third kappa shape index (κ3) is 2.35. The molecule has 1 aromatic heterocycles. The summed E-state index contributed by atoms with van der Waals surface area (Å²) >= 11 is 6.15. The molecule has 0 spiro atoms. The summed E-state index contributed by atoms with van der Waals surface area (Å²) in [6.07, 6.45) is 1.73. The molecule has 4 rings (SSSR count). The number of hydrogen-bond donors (Lipinski definition) is 0. The minimum atomic E-state index is -0.768. The van der Waals surface area contributed by atoms with E-state index in [4.69, 9.17) is 11.6 Å². The average molecular weight is 318 g/mol. The van der Waals surface area contributed by atoms with Crippen LogP contribution in [0.5, 0.6) is 0 Å². The molecule has 0 amide bonds. The van der Waals surface area contributed by atoms with Gasteiger partial charge >= 0.3 is 0 Å². The molecule has 1 aliphatic heterocycles. The fourth-order valence-corrected chi connectivity index (χ4v) is 3.77. The Morgan fingerprint density at radius 1 is 1.14 bits per heavy atom. The Balaban J connectivity index is 1.76. The fraction of sp³-hybridized carbons (Fsp3) is 0.412. The van der Waals surface area contributed by atoms with Gasteiger partial charge in [0.15, 0.2) is 0 Å².